The molecule has 1 aromatic carbocycles. The van der Waals surface area contributed by atoms with Crippen molar-refractivity contribution in [3.05, 3.63) is 65.3 Å². The number of phenolic OH excluding ortho intramolecular Hbond substituents is 1. The van der Waals surface area contributed by atoms with Crippen molar-refractivity contribution < 1.29 is 5.11 Å². The minimum atomic E-state index is -0.179. The van der Waals surface area contributed by atoms with Gasteiger partial charge in [-0.05, 0) is 30.3 Å². The topological polar surface area (TPSA) is 108 Å². The van der Waals surface area contributed by atoms with Crippen LogP contribution < -0.4 is 10.9 Å². The van der Waals surface area contributed by atoms with Crippen LogP contribution >= 0.6 is 0 Å². The van der Waals surface area contributed by atoms with E-state index in [0.717, 1.165) is 11.3 Å². The van der Waals surface area contributed by atoms with Crippen LogP contribution in [0.4, 0.5) is 11.6 Å². The summed E-state index contributed by atoms with van der Waals surface area (Å²) in [6.45, 7) is 0. The first-order valence-corrected chi connectivity index (χ1v) is 7.15. The summed E-state index contributed by atoms with van der Waals surface area (Å²) in [7, 11) is 0. The van der Waals surface area contributed by atoms with Crippen LogP contribution in [0.25, 0.3) is 16.9 Å². The molecule has 3 aromatic heterocycles. The minimum absolute atomic E-state index is 0.179. The standard InChI is InChI=1S/C16H12N6O2/c23-12-4-2-11(3-5-12)19-16-20-15-14(17-7-8-22(15)21-16)10-1-6-13(24)18-9-10/h1-9,23H,(H,18,24)(H,19,21). The number of nitrogens with one attached hydrogen (secondary N) is 2. The van der Waals surface area contributed by atoms with E-state index in [0.29, 0.717) is 17.3 Å². The summed E-state index contributed by atoms with van der Waals surface area (Å²) < 4.78 is 1.61. The SMILES string of the molecule is O=c1ccc(-c2nccn3nc(Nc4ccc(O)cc4)nc23)c[nH]1. The predicted octanol–water partition coefficient (Wildman–Crippen LogP) is 1.93. The van der Waals surface area contributed by atoms with Gasteiger partial charge in [-0.1, -0.05) is 0 Å². The Balaban J connectivity index is 1.75. The molecule has 4 rings (SSSR count). The van der Waals surface area contributed by atoms with Crippen molar-refractivity contribution in [3.63, 3.8) is 0 Å². The van der Waals surface area contributed by atoms with Gasteiger partial charge in [0.25, 0.3) is 0 Å². The van der Waals surface area contributed by atoms with Crippen molar-refractivity contribution in [1.82, 2.24) is 24.6 Å². The van der Waals surface area contributed by atoms with Gasteiger partial charge in [-0.15, -0.1) is 5.10 Å². The summed E-state index contributed by atoms with van der Waals surface area (Å²) in [6, 6.07) is 9.72. The summed E-state index contributed by atoms with van der Waals surface area (Å²) in [5.74, 6) is 0.590. The third kappa shape index (κ3) is 2.56. The number of aromatic nitrogens is 5. The number of hydrogen-bond donors (Lipinski definition) is 3. The first kappa shape index (κ1) is 13.9. The van der Waals surface area contributed by atoms with E-state index in [9.17, 15) is 9.90 Å². The third-order valence-corrected chi connectivity index (χ3v) is 3.44. The molecule has 0 unspecified atom stereocenters. The molecular weight excluding hydrogens is 308 g/mol. The smallest absolute Gasteiger partial charge is 0.247 e. The first-order valence-electron chi connectivity index (χ1n) is 7.15. The Hall–Kier alpha value is -3.68. The molecule has 118 valence electrons. The maximum atomic E-state index is 11.2. The fourth-order valence-corrected chi connectivity index (χ4v) is 2.31. The van der Waals surface area contributed by atoms with E-state index >= 15 is 0 Å². The number of rotatable bonds is 3. The fraction of sp³-hybridized carbons (Fsp3) is 0. The highest BCUT2D eigenvalue weighted by Crippen LogP contribution is 2.22. The van der Waals surface area contributed by atoms with Crippen LogP contribution in [0, 0.1) is 0 Å². The van der Waals surface area contributed by atoms with Gasteiger partial charge in [-0.25, -0.2) is 4.52 Å². The van der Waals surface area contributed by atoms with Gasteiger partial charge in [0.15, 0.2) is 5.65 Å². The van der Waals surface area contributed by atoms with Crippen molar-refractivity contribution in [2.45, 2.75) is 0 Å². The van der Waals surface area contributed by atoms with E-state index in [1.807, 2.05) is 0 Å². The lowest BCUT2D eigenvalue weighted by Crippen LogP contribution is -2.02. The molecule has 0 aliphatic carbocycles. The summed E-state index contributed by atoms with van der Waals surface area (Å²) in [6.07, 6.45) is 4.90. The van der Waals surface area contributed by atoms with Gasteiger partial charge in [0, 0.05) is 35.9 Å². The number of hydrogen-bond acceptors (Lipinski definition) is 6. The number of aromatic amines is 1. The molecule has 0 amide bonds. The maximum Gasteiger partial charge on any atom is 0.247 e. The summed E-state index contributed by atoms with van der Waals surface area (Å²) in [5.41, 5.74) is 2.48. The number of anilines is 2. The van der Waals surface area contributed by atoms with Crippen LogP contribution in [0.5, 0.6) is 5.75 Å². The second-order valence-corrected chi connectivity index (χ2v) is 5.09. The van der Waals surface area contributed by atoms with Gasteiger partial charge >= 0.3 is 0 Å². The van der Waals surface area contributed by atoms with Crippen molar-refractivity contribution in [3.8, 4) is 17.0 Å². The van der Waals surface area contributed by atoms with E-state index in [-0.39, 0.29) is 11.3 Å². The predicted molar refractivity (Wildman–Crippen MR) is 88.2 cm³/mol. The van der Waals surface area contributed by atoms with Crippen LogP contribution in [0.3, 0.4) is 0 Å². The Morgan fingerprint density at radius 2 is 1.96 bits per heavy atom. The Morgan fingerprint density at radius 1 is 1.12 bits per heavy atom. The van der Waals surface area contributed by atoms with E-state index < -0.39 is 0 Å². The molecule has 0 fully saturated rings. The van der Waals surface area contributed by atoms with Crippen molar-refractivity contribution in [2.24, 2.45) is 0 Å². The lowest BCUT2D eigenvalue weighted by molar-refractivity contribution is 0.475. The Kier molecular flexibility index (Phi) is 3.20. The summed E-state index contributed by atoms with van der Waals surface area (Å²) >= 11 is 0. The minimum Gasteiger partial charge on any atom is -0.508 e. The molecule has 0 spiro atoms. The van der Waals surface area contributed by atoms with Gasteiger partial charge in [0.1, 0.15) is 11.4 Å². The largest absolute Gasteiger partial charge is 0.508 e. The summed E-state index contributed by atoms with van der Waals surface area (Å²) in [5, 5.41) is 16.7. The number of benzene rings is 1. The number of phenols is 1. The van der Waals surface area contributed by atoms with Crippen molar-refractivity contribution >= 4 is 17.3 Å². The third-order valence-electron chi connectivity index (χ3n) is 3.44. The molecule has 0 atom stereocenters. The highest BCUT2D eigenvalue weighted by molar-refractivity contribution is 5.73. The van der Waals surface area contributed by atoms with Gasteiger partial charge in [0.05, 0.1) is 0 Å². The van der Waals surface area contributed by atoms with E-state index in [4.69, 9.17) is 0 Å². The number of H-pyrrole nitrogens is 1. The van der Waals surface area contributed by atoms with Crippen LogP contribution in [0.1, 0.15) is 0 Å². The van der Waals surface area contributed by atoms with E-state index in [1.54, 1.807) is 53.4 Å². The molecule has 0 radical (unpaired) electrons. The number of aromatic hydroxyl groups is 1. The molecule has 0 saturated carbocycles. The van der Waals surface area contributed by atoms with Gasteiger partial charge < -0.3 is 15.4 Å². The van der Waals surface area contributed by atoms with Gasteiger partial charge in [0.2, 0.25) is 11.5 Å². The Bertz CT molecular complexity index is 1050. The van der Waals surface area contributed by atoms with Crippen LogP contribution in [-0.2, 0) is 0 Å². The summed E-state index contributed by atoms with van der Waals surface area (Å²) in [4.78, 5) is 22.6. The highest BCUT2D eigenvalue weighted by atomic mass is 16.3. The second-order valence-electron chi connectivity index (χ2n) is 5.09. The zero-order valence-corrected chi connectivity index (χ0v) is 12.3. The zero-order chi connectivity index (χ0) is 16.5. The van der Waals surface area contributed by atoms with Crippen LogP contribution in [0.2, 0.25) is 0 Å². The molecule has 8 nitrogen and oxygen atoms in total. The lowest BCUT2D eigenvalue weighted by Gasteiger charge is -2.00. The molecule has 0 bridgehead atoms. The molecule has 24 heavy (non-hydrogen) atoms. The molecule has 0 aliphatic rings. The van der Waals surface area contributed by atoms with E-state index in [2.05, 4.69) is 25.4 Å². The molecule has 3 N–H and O–H groups in total. The monoisotopic (exact) mass is 320 g/mol. The average Bonchev–Trinajstić information content (AvgIpc) is 3.00. The molecule has 0 aliphatic heterocycles. The quantitative estimate of drug-likeness (QED) is 0.498. The molecule has 4 aromatic rings. The van der Waals surface area contributed by atoms with Crippen LogP contribution in [0.15, 0.2) is 59.8 Å². The van der Waals surface area contributed by atoms with Gasteiger partial charge in [-0.2, -0.15) is 4.98 Å². The zero-order valence-electron chi connectivity index (χ0n) is 12.3. The maximum absolute atomic E-state index is 11.2. The molecular formula is C16H12N6O2. The number of fused-ring (bicyclic) bond motifs is 1. The van der Waals surface area contributed by atoms with E-state index in [1.165, 1.54) is 6.07 Å². The fourth-order valence-electron chi connectivity index (χ4n) is 2.31. The Labute approximate surface area is 135 Å². The Morgan fingerprint density at radius 3 is 2.71 bits per heavy atom. The molecule has 8 heteroatoms. The first-order chi connectivity index (χ1) is 11.7. The second kappa shape index (κ2) is 5.51. The number of pyridine rings is 1. The normalized spacial score (nSPS) is 10.8. The van der Waals surface area contributed by atoms with Crippen molar-refractivity contribution in [2.75, 3.05) is 5.32 Å². The highest BCUT2D eigenvalue weighted by Gasteiger charge is 2.11. The molecule has 3 heterocycles. The van der Waals surface area contributed by atoms with Crippen LogP contribution in [-0.4, -0.2) is 29.7 Å². The lowest BCUT2D eigenvalue weighted by atomic mass is 10.2. The number of nitrogens with zero attached hydrogens (tertiary/aromatic N) is 4. The van der Waals surface area contributed by atoms with Crippen molar-refractivity contribution in [1.29, 1.82) is 0 Å². The van der Waals surface area contributed by atoms with Gasteiger partial charge in [-0.3, -0.25) is 9.78 Å². The average molecular weight is 320 g/mol. The molecule has 0 saturated heterocycles.